The molecule has 1 aliphatic heterocycles. The molecule has 0 unspecified atom stereocenters. The van der Waals surface area contributed by atoms with Gasteiger partial charge in [-0.15, -0.1) is 0 Å². The fourth-order valence-corrected chi connectivity index (χ4v) is 2.94. The highest BCUT2D eigenvalue weighted by atomic mass is 19.1. The van der Waals surface area contributed by atoms with Crippen LogP contribution < -0.4 is 4.90 Å². The van der Waals surface area contributed by atoms with Crippen LogP contribution in [0.4, 0.5) is 10.1 Å². The van der Waals surface area contributed by atoms with Gasteiger partial charge in [0.2, 0.25) is 5.89 Å². The van der Waals surface area contributed by atoms with Gasteiger partial charge in [0.05, 0.1) is 6.04 Å². The zero-order chi connectivity index (χ0) is 16.2. The predicted molar refractivity (Wildman–Crippen MR) is 86.9 cm³/mol. The Hall–Kier alpha value is -1.95. The Bertz CT molecular complexity index is 620. The van der Waals surface area contributed by atoms with Crippen LogP contribution in [0.15, 0.2) is 28.8 Å². The molecule has 2 heterocycles. The van der Waals surface area contributed by atoms with Crippen LogP contribution >= 0.6 is 0 Å². The Morgan fingerprint density at radius 3 is 2.52 bits per heavy atom. The van der Waals surface area contributed by atoms with Gasteiger partial charge in [-0.2, -0.15) is 4.98 Å². The molecular weight excluding hydrogens is 295 g/mol. The lowest BCUT2D eigenvalue weighted by Gasteiger charge is -2.38. The molecule has 0 radical (unpaired) electrons. The molecule has 0 spiro atoms. The average Bonchev–Trinajstić information content (AvgIpc) is 3.04. The number of nitrogens with zero attached hydrogens (tertiary/aromatic N) is 4. The average molecular weight is 318 g/mol. The molecule has 1 aromatic carbocycles. The molecule has 0 N–H and O–H groups in total. The summed E-state index contributed by atoms with van der Waals surface area (Å²) in [7, 11) is 0. The van der Waals surface area contributed by atoms with E-state index in [0.29, 0.717) is 5.89 Å². The molecule has 3 rings (SSSR count). The maximum atomic E-state index is 13.0. The first-order valence-corrected chi connectivity index (χ1v) is 8.24. The second-order valence-electron chi connectivity index (χ2n) is 5.97. The molecule has 124 valence electrons. The van der Waals surface area contributed by atoms with E-state index in [1.165, 1.54) is 12.1 Å². The summed E-state index contributed by atoms with van der Waals surface area (Å²) in [4.78, 5) is 9.11. The van der Waals surface area contributed by atoms with Crippen LogP contribution in [-0.2, 0) is 6.42 Å². The van der Waals surface area contributed by atoms with E-state index in [4.69, 9.17) is 4.52 Å². The van der Waals surface area contributed by atoms with Crippen molar-refractivity contribution in [1.82, 2.24) is 15.0 Å². The van der Waals surface area contributed by atoms with Gasteiger partial charge in [0, 0.05) is 38.3 Å². The first-order valence-electron chi connectivity index (χ1n) is 8.24. The summed E-state index contributed by atoms with van der Waals surface area (Å²) in [5, 5.41) is 4.03. The van der Waals surface area contributed by atoms with Crippen LogP contribution in [0.1, 0.15) is 38.0 Å². The van der Waals surface area contributed by atoms with Gasteiger partial charge < -0.3 is 9.42 Å². The molecule has 1 saturated heterocycles. The summed E-state index contributed by atoms with van der Waals surface area (Å²) in [6.45, 7) is 7.87. The number of aromatic nitrogens is 2. The Balaban J connectivity index is 1.58. The van der Waals surface area contributed by atoms with Crippen molar-refractivity contribution in [2.75, 3.05) is 31.1 Å². The number of aryl methyl sites for hydroxylation is 1. The van der Waals surface area contributed by atoms with E-state index in [0.717, 1.165) is 50.5 Å². The number of piperazine rings is 1. The molecule has 1 aliphatic rings. The highest BCUT2D eigenvalue weighted by Crippen LogP contribution is 2.23. The van der Waals surface area contributed by atoms with Crippen molar-refractivity contribution in [3.05, 3.63) is 41.8 Å². The summed E-state index contributed by atoms with van der Waals surface area (Å²) >= 11 is 0. The second-order valence-corrected chi connectivity index (χ2v) is 5.97. The summed E-state index contributed by atoms with van der Waals surface area (Å²) in [5.74, 6) is 1.29. The van der Waals surface area contributed by atoms with Crippen LogP contribution in [0.25, 0.3) is 0 Å². The molecule has 1 atom stereocenters. The van der Waals surface area contributed by atoms with Crippen molar-refractivity contribution in [3.63, 3.8) is 0 Å². The van der Waals surface area contributed by atoms with E-state index in [1.807, 2.05) is 12.1 Å². The Morgan fingerprint density at radius 1 is 1.17 bits per heavy atom. The van der Waals surface area contributed by atoms with Crippen LogP contribution in [0, 0.1) is 5.82 Å². The Morgan fingerprint density at radius 2 is 1.87 bits per heavy atom. The number of halogens is 1. The minimum absolute atomic E-state index is 0.128. The van der Waals surface area contributed by atoms with E-state index in [-0.39, 0.29) is 11.9 Å². The first kappa shape index (κ1) is 15.9. The van der Waals surface area contributed by atoms with Gasteiger partial charge in [-0.25, -0.2) is 4.39 Å². The van der Waals surface area contributed by atoms with E-state index in [2.05, 4.69) is 33.8 Å². The van der Waals surface area contributed by atoms with Crippen molar-refractivity contribution in [3.8, 4) is 0 Å². The number of hydrogen-bond acceptors (Lipinski definition) is 5. The summed E-state index contributed by atoms with van der Waals surface area (Å²) in [6.07, 6.45) is 1.87. The highest BCUT2D eigenvalue weighted by molar-refractivity contribution is 5.46. The molecule has 0 amide bonds. The Kier molecular flexibility index (Phi) is 4.91. The van der Waals surface area contributed by atoms with E-state index >= 15 is 0 Å². The van der Waals surface area contributed by atoms with Crippen LogP contribution in [0.2, 0.25) is 0 Å². The highest BCUT2D eigenvalue weighted by Gasteiger charge is 2.25. The maximum absolute atomic E-state index is 13.0. The zero-order valence-corrected chi connectivity index (χ0v) is 13.7. The van der Waals surface area contributed by atoms with E-state index in [9.17, 15) is 4.39 Å². The van der Waals surface area contributed by atoms with Gasteiger partial charge in [-0.05, 0) is 37.6 Å². The van der Waals surface area contributed by atoms with E-state index in [1.54, 1.807) is 0 Å². The molecule has 2 aromatic rings. The maximum Gasteiger partial charge on any atom is 0.243 e. The predicted octanol–water partition coefficient (Wildman–Crippen LogP) is 3.04. The van der Waals surface area contributed by atoms with Crippen LogP contribution in [-0.4, -0.2) is 41.2 Å². The molecule has 5 nitrogen and oxygen atoms in total. The van der Waals surface area contributed by atoms with Gasteiger partial charge in [0.1, 0.15) is 5.82 Å². The quantitative estimate of drug-likeness (QED) is 0.848. The van der Waals surface area contributed by atoms with Crippen LogP contribution in [0.3, 0.4) is 0 Å². The largest absolute Gasteiger partial charge is 0.369 e. The minimum atomic E-state index is -0.194. The molecular formula is C17H23FN4O. The van der Waals surface area contributed by atoms with Crippen molar-refractivity contribution in [2.24, 2.45) is 0 Å². The van der Waals surface area contributed by atoms with Crippen LogP contribution in [0.5, 0.6) is 0 Å². The minimum Gasteiger partial charge on any atom is -0.369 e. The fraction of sp³-hybridized carbons (Fsp3) is 0.529. The van der Waals surface area contributed by atoms with Gasteiger partial charge in [0.25, 0.3) is 0 Å². The molecule has 0 aliphatic carbocycles. The molecule has 1 fully saturated rings. The SMILES string of the molecule is CCCc1noc([C@@H](C)N2CCN(c3ccc(F)cc3)CC2)n1. The zero-order valence-electron chi connectivity index (χ0n) is 13.7. The first-order chi connectivity index (χ1) is 11.2. The molecule has 1 aromatic heterocycles. The van der Waals surface area contributed by atoms with Crippen molar-refractivity contribution < 1.29 is 8.91 Å². The topological polar surface area (TPSA) is 45.4 Å². The fourth-order valence-electron chi connectivity index (χ4n) is 2.94. The second kappa shape index (κ2) is 7.08. The standard InChI is InChI=1S/C17H23FN4O/c1-3-4-16-19-17(23-20-16)13(2)21-9-11-22(12-10-21)15-7-5-14(18)6-8-15/h5-8,13H,3-4,9-12H2,1-2H3/t13-/m1/s1. The molecule has 6 heteroatoms. The van der Waals surface area contributed by atoms with Crippen molar-refractivity contribution >= 4 is 5.69 Å². The van der Waals surface area contributed by atoms with Crippen molar-refractivity contribution in [2.45, 2.75) is 32.7 Å². The number of rotatable bonds is 5. The number of anilines is 1. The van der Waals surface area contributed by atoms with Gasteiger partial charge >= 0.3 is 0 Å². The lowest BCUT2D eigenvalue weighted by molar-refractivity contribution is 0.164. The summed E-state index contributed by atoms with van der Waals surface area (Å²) < 4.78 is 18.4. The lowest BCUT2D eigenvalue weighted by Crippen LogP contribution is -2.47. The third-order valence-electron chi connectivity index (χ3n) is 4.37. The van der Waals surface area contributed by atoms with Gasteiger partial charge in [-0.1, -0.05) is 12.1 Å². The third-order valence-corrected chi connectivity index (χ3v) is 4.37. The molecule has 0 saturated carbocycles. The summed E-state index contributed by atoms with van der Waals surface area (Å²) in [6, 6.07) is 6.83. The normalized spacial score (nSPS) is 17.4. The third kappa shape index (κ3) is 3.69. The smallest absolute Gasteiger partial charge is 0.243 e. The number of benzene rings is 1. The Labute approximate surface area is 136 Å². The molecule has 23 heavy (non-hydrogen) atoms. The number of hydrogen-bond donors (Lipinski definition) is 0. The van der Waals surface area contributed by atoms with Gasteiger partial charge in [-0.3, -0.25) is 4.90 Å². The van der Waals surface area contributed by atoms with Crippen molar-refractivity contribution in [1.29, 1.82) is 0 Å². The van der Waals surface area contributed by atoms with E-state index < -0.39 is 0 Å². The summed E-state index contributed by atoms with van der Waals surface area (Å²) in [5.41, 5.74) is 1.07. The van der Waals surface area contributed by atoms with Gasteiger partial charge in [0.15, 0.2) is 5.82 Å². The lowest BCUT2D eigenvalue weighted by atomic mass is 10.2. The molecule has 0 bridgehead atoms. The monoisotopic (exact) mass is 318 g/mol.